The lowest BCUT2D eigenvalue weighted by Crippen LogP contribution is -1.84. The van der Waals surface area contributed by atoms with E-state index in [0.717, 1.165) is 33.2 Å². The molecule has 0 fully saturated rings. The third-order valence-electron chi connectivity index (χ3n) is 4.27. The van der Waals surface area contributed by atoms with E-state index in [-0.39, 0.29) is 0 Å². The molecular weight excluding hydrogens is 312 g/mol. The van der Waals surface area contributed by atoms with Crippen LogP contribution in [-0.2, 0) is 0 Å². The lowest BCUT2D eigenvalue weighted by atomic mass is 9.99. The zero-order valence-corrected chi connectivity index (χ0v) is 13.7. The van der Waals surface area contributed by atoms with Crippen molar-refractivity contribution >= 4 is 17.1 Å². The van der Waals surface area contributed by atoms with Gasteiger partial charge in [-0.2, -0.15) is 0 Å². The summed E-state index contributed by atoms with van der Waals surface area (Å²) in [6, 6.07) is 24.0. The quantitative estimate of drug-likeness (QED) is 0.459. The molecule has 25 heavy (non-hydrogen) atoms. The molecule has 3 aromatic carbocycles. The highest BCUT2D eigenvalue weighted by molar-refractivity contribution is 5.89. The van der Waals surface area contributed by atoms with Crippen molar-refractivity contribution in [3.05, 3.63) is 78.6 Å². The van der Waals surface area contributed by atoms with Crippen molar-refractivity contribution in [2.45, 2.75) is 0 Å². The number of hydrogen-bond acceptors (Lipinski definition) is 3. The van der Waals surface area contributed by atoms with E-state index in [1.807, 2.05) is 30.3 Å². The molecule has 122 valence electrons. The van der Waals surface area contributed by atoms with Crippen molar-refractivity contribution in [1.82, 2.24) is 0 Å². The van der Waals surface area contributed by atoms with Gasteiger partial charge in [0.1, 0.15) is 11.5 Å². The minimum absolute atomic E-state index is 0.333. The number of furan rings is 1. The van der Waals surface area contributed by atoms with Gasteiger partial charge < -0.3 is 9.15 Å². The summed E-state index contributed by atoms with van der Waals surface area (Å²) in [5, 5.41) is 2.30. The average molecular weight is 328 g/mol. The zero-order chi connectivity index (χ0) is 17.2. The summed E-state index contributed by atoms with van der Waals surface area (Å²) in [7, 11) is 1.67. The predicted molar refractivity (Wildman–Crippen MR) is 99.0 cm³/mol. The van der Waals surface area contributed by atoms with Gasteiger partial charge in [0.15, 0.2) is 12.0 Å². The molecule has 0 radical (unpaired) electrons. The Balaban J connectivity index is 1.75. The first-order chi connectivity index (χ1) is 12.3. The number of hydrogen-bond donors (Lipinski definition) is 0. The Morgan fingerprint density at radius 3 is 2.36 bits per heavy atom. The van der Waals surface area contributed by atoms with E-state index < -0.39 is 0 Å². The van der Waals surface area contributed by atoms with Gasteiger partial charge in [-0.25, -0.2) is 0 Å². The fourth-order valence-corrected chi connectivity index (χ4v) is 2.95. The molecule has 4 aromatic rings. The molecule has 0 atom stereocenters. The molecule has 0 saturated carbocycles. The topological polar surface area (TPSA) is 39.4 Å². The van der Waals surface area contributed by atoms with Crippen LogP contribution >= 0.6 is 0 Å². The van der Waals surface area contributed by atoms with Gasteiger partial charge >= 0.3 is 0 Å². The predicted octanol–water partition coefficient (Wildman–Crippen LogP) is 5.59. The number of methoxy groups -OCH3 is 1. The molecule has 0 aliphatic heterocycles. The SMILES string of the molecule is COc1ccc2cc(-c3cccc(-c4ccc(C=O)o4)c3)ccc2c1. The van der Waals surface area contributed by atoms with Gasteiger partial charge in [-0.3, -0.25) is 4.79 Å². The molecule has 0 bridgehead atoms. The number of aldehydes is 1. The fourth-order valence-electron chi connectivity index (χ4n) is 2.95. The van der Waals surface area contributed by atoms with Crippen LogP contribution in [0.2, 0.25) is 0 Å². The van der Waals surface area contributed by atoms with Crippen molar-refractivity contribution in [2.75, 3.05) is 7.11 Å². The first-order valence-electron chi connectivity index (χ1n) is 8.00. The summed E-state index contributed by atoms with van der Waals surface area (Å²) in [6.07, 6.45) is 0.713. The van der Waals surface area contributed by atoms with E-state index in [1.165, 1.54) is 0 Å². The van der Waals surface area contributed by atoms with Crippen LogP contribution in [0.25, 0.3) is 33.2 Å². The highest BCUT2D eigenvalue weighted by Crippen LogP contribution is 2.30. The first kappa shape index (κ1) is 15.2. The zero-order valence-electron chi connectivity index (χ0n) is 13.7. The van der Waals surface area contributed by atoms with Crippen LogP contribution < -0.4 is 4.74 Å². The molecule has 0 amide bonds. The first-order valence-corrected chi connectivity index (χ1v) is 8.00. The van der Waals surface area contributed by atoms with Crippen molar-refractivity contribution in [1.29, 1.82) is 0 Å². The molecule has 3 heteroatoms. The summed E-state index contributed by atoms with van der Waals surface area (Å²) in [6.45, 7) is 0. The lowest BCUT2D eigenvalue weighted by molar-refractivity contribution is 0.110. The third-order valence-corrected chi connectivity index (χ3v) is 4.27. The minimum atomic E-state index is 0.333. The molecule has 0 N–H and O–H groups in total. The van der Waals surface area contributed by atoms with Gasteiger partial charge in [-0.1, -0.05) is 36.4 Å². The summed E-state index contributed by atoms with van der Waals surface area (Å²) >= 11 is 0. The highest BCUT2D eigenvalue weighted by atomic mass is 16.5. The van der Waals surface area contributed by atoms with E-state index in [9.17, 15) is 4.79 Å². The molecule has 3 nitrogen and oxygen atoms in total. The van der Waals surface area contributed by atoms with Crippen LogP contribution in [0.15, 0.2) is 77.2 Å². The molecule has 1 heterocycles. The van der Waals surface area contributed by atoms with Crippen molar-refractivity contribution in [3.63, 3.8) is 0 Å². The van der Waals surface area contributed by atoms with Crippen LogP contribution in [0, 0.1) is 0 Å². The molecule has 0 saturated heterocycles. The Hall–Kier alpha value is -3.33. The highest BCUT2D eigenvalue weighted by Gasteiger charge is 2.07. The standard InChI is InChI=1S/C22H16O3/c1-24-20-8-7-17-11-16(5-6-18(17)13-20)15-3-2-4-19(12-15)22-10-9-21(14-23)25-22/h2-14H,1H3. The van der Waals surface area contributed by atoms with E-state index in [2.05, 4.69) is 36.4 Å². The lowest BCUT2D eigenvalue weighted by Gasteiger charge is -2.07. The number of rotatable bonds is 4. The monoisotopic (exact) mass is 328 g/mol. The average Bonchev–Trinajstić information content (AvgIpc) is 3.16. The summed E-state index contributed by atoms with van der Waals surface area (Å²) in [4.78, 5) is 10.8. The van der Waals surface area contributed by atoms with Crippen molar-refractivity contribution in [2.24, 2.45) is 0 Å². The minimum Gasteiger partial charge on any atom is -0.497 e. The van der Waals surface area contributed by atoms with Gasteiger partial charge in [0, 0.05) is 5.56 Å². The molecule has 0 spiro atoms. The summed E-state index contributed by atoms with van der Waals surface area (Å²) in [5.74, 6) is 1.88. The van der Waals surface area contributed by atoms with Crippen molar-refractivity contribution < 1.29 is 13.9 Å². The maximum Gasteiger partial charge on any atom is 0.185 e. The Morgan fingerprint density at radius 2 is 1.56 bits per heavy atom. The Labute approximate surface area is 145 Å². The Bertz CT molecular complexity index is 1060. The van der Waals surface area contributed by atoms with Crippen LogP contribution in [0.1, 0.15) is 10.6 Å². The van der Waals surface area contributed by atoms with E-state index in [4.69, 9.17) is 9.15 Å². The molecule has 0 unspecified atom stereocenters. The number of ether oxygens (including phenoxy) is 1. The molecule has 1 aromatic heterocycles. The van der Waals surface area contributed by atoms with E-state index >= 15 is 0 Å². The van der Waals surface area contributed by atoms with Gasteiger partial charge in [-0.05, 0) is 58.3 Å². The van der Waals surface area contributed by atoms with Gasteiger partial charge in [0.25, 0.3) is 0 Å². The van der Waals surface area contributed by atoms with Crippen LogP contribution in [0.4, 0.5) is 0 Å². The van der Waals surface area contributed by atoms with Crippen LogP contribution in [0.5, 0.6) is 5.75 Å². The Morgan fingerprint density at radius 1 is 0.800 bits per heavy atom. The van der Waals surface area contributed by atoms with Crippen LogP contribution in [0.3, 0.4) is 0 Å². The van der Waals surface area contributed by atoms with Gasteiger partial charge in [-0.15, -0.1) is 0 Å². The molecule has 0 aliphatic rings. The van der Waals surface area contributed by atoms with E-state index in [0.29, 0.717) is 17.8 Å². The number of carbonyl (C=O) groups excluding carboxylic acids is 1. The number of benzene rings is 3. The van der Waals surface area contributed by atoms with Crippen molar-refractivity contribution in [3.8, 4) is 28.2 Å². The maximum atomic E-state index is 10.8. The van der Waals surface area contributed by atoms with E-state index in [1.54, 1.807) is 13.2 Å². The summed E-state index contributed by atoms with van der Waals surface area (Å²) in [5.41, 5.74) is 3.17. The molecule has 0 aliphatic carbocycles. The largest absolute Gasteiger partial charge is 0.497 e. The summed E-state index contributed by atoms with van der Waals surface area (Å²) < 4.78 is 10.8. The Kier molecular flexibility index (Phi) is 3.82. The molecule has 4 rings (SSSR count). The fraction of sp³-hybridized carbons (Fsp3) is 0.0455. The number of fused-ring (bicyclic) bond motifs is 1. The molecular formula is C22H16O3. The maximum absolute atomic E-state index is 10.8. The second-order valence-electron chi connectivity index (χ2n) is 5.83. The third kappa shape index (κ3) is 2.92. The second-order valence-corrected chi connectivity index (χ2v) is 5.83. The van der Waals surface area contributed by atoms with Gasteiger partial charge in [0.05, 0.1) is 7.11 Å². The van der Waals surface area contributed by atoms with Crippen LogP contribution in [-0.4, -0.2) is 13.4 Å². The normalized spacial score (nSPS) is 10.8. The second kappa shape index (κ2) is 6.29. The van der Waals surface area contributed by atoms with Gasteiger partial charge in [0.2, 0.25) is 0 Å². The number of carbonyl (C=O) groups is 1. The smallest absolute Gasteiger partial charge is 0.185 e.